The molecule has 0 saturated carbocycles. The van der Waals surface area contributed by atoms with Crippen LogP contribution in [0.25, 0.3) is 0 Å². The average Bonchev–Trinajstić information content (AvgIpc) is 2.78. The van der Waals surface area contributed by atoms with E-state index in [1.165, 1.54) is 128 Å². The van der Waals surface area contributed by atoms with E-state index in [1.807, 2.05) is 0 Å². The fourth-order valence-electron chi connectivity index (χ4n) is 4.36. The molecule has 1 N–H and O–H groups in total. The highest BCUT2D eigenvalue weighted by Crippen LogP contribution is 2.12. The summed E-state index contributed by atoms with van der Waals surface area (Å²) in [6.45, 7) is 6.71. The van der Waals surface area contributed by atoms with Gasteiger partial charge in [0.05, 0.1) is 0 Å². The lowest BCUT2D eigenvalue weighted by Crippen LogP contribution is -2.32. The van der Waals surface area contributed by atoms with Crippen molar-refractivity contribution in [1.29, 1.82) is 0 Å². The number of hydrogen-bond acceptors (Lipinski definition) is 1. The van der Waals surface area contributed by atoms with E-state index in [2.05, 4.69) is 38.2 Å². The minimum absolute atomic E-state index is 0.259. The van der Waals surface area contributed by atoms with Crippen molar-refractivity contribution in [2.45, 2.75) is 174 Å². The van der Waals surface area contributed by atoms with Gasteiger partial charge >= 0.3 is 0 Å². The van der Waals surface area contributed by atoms with Gasteiger partial charge in [0, 0.05) is 12.5 Å². The normalized spacial score (nSPS) is 12.5. The maximum Gasteiger partial charge on any atom is 0.220 e. The van der Waals surface area contributed by atoms with Gasteiger partial charge in [0.2, 0.25) is 5.91 Å². The van der Waals surface area contributed by atoms with Crippen LogP contribution in [0.2, 0.25) is 0 Å². The molecule has 0 aromatic rings. The van der Waals surface area contributed by atoms with Crippen molar-refractivity contribution >= 4 is 5.91 Å². The summed E-state index contributed by atoms with van der Waals surface area (Å²) in [5.74, 6) is 0.259. The first-order chi connectivity index (χ1) is 15.7. The van der Waals surface area contributed by atoms with E-state index in [1.54, 1.807) is 0 Å². The molecule has 0 saturated heterocycles. The molecule has 2 nitrogen and oxygen atoms in total. The number of carbonyl (C=O) groups excluding carboxylic acids is 1. The Balaban J connectivity index is 3.34. The quantitative estimate of drug-likeness (QED) is 0.109. The summed E-state index contributed by atoms with van der Waals surface area (Å²) in [5, 5.41) is 3.20. The highest BCUT2D eigenvalue weighted by Gasteiger charge is 2.06. The second-order valence-corrected chi connectivity index (χ2v) is 10.1. The number of nitrogens with one attached hydrogen (secondary N) is 1. The predicted molar refractivity (Wildman–Crippen MR) is 144 cm³/mol. The number of amides is 1. The van der Waals surface area contributed by atoms with Crippen LogP contribution in [-0.4, -0.2) is 11.9 Å². The van der Waals surface area contributed by atoms with Crippen molar-refractivity contribution in [3.63, 3.8) is 0 Å². The lowest BCUT2D eigenvalue weighted by molar-refractivity contribution is -0.121. The summed E-state index contributed by atoms with van der Waals surface area (Å²) >= 11 is 0. The Labute approximate surface area is 202 Å². The first-order valence-electron chi connectivity index (χ1n) is 14.6. The standard InChI is InChI=1S/C30H59NO/c1-4-6-8-10-12-14-15-16-17-18-19-20-22-24-26-28-30(32)31-29(3)27-25-23-21-13-11-9-7-5-2/h16-17,29H,4-15,18-28H2,1-3H3,(H,31,32)/t29-/m0/s1. The molecule has 0 spiro atoms. The molecule has 32 heavy (non-hydrogen) atoms. The van der Waals surface area contributed by atoms with Gasteiger partial charge in [0.25, 0.3) is 0 Å². The summed E-state index contributed by atoms with van der Waals surface area (Å²) < 4.78 is 0. The van der Waals surface area contributed by atoms with E-state index in [0.717, 1.165) is 12.8 Å². The van der Waals surface area contributed by atoms with E-state index in [-0.39, 0.29) is 5.91 Å². The highest BCUT2D eigenvalue weighted by molar-refractivity contribution is 5.76. The lowest BCUT2D eigenvalue weighted by Gasteiger charge is -2.13. The molecule has 0 aromatic heterocycles. The van der Waals surface area contributed by atoms with Gasteiger partial charge in [-0.2, -0.15) is 0 Å². The van der Waals surface area contributed by atoms with Gasteiger partial charge in [-0.05, 0) is 45.4 Å². The molecule has 2 heteroatoms. The molecule has 0 rings (SSSR count). The van der Waals surface area contributed by atoms with Gasteiger partial charge < -0.3 is 5.32 Å². The zero-order chi connectivity index (χ0) is 23.5. The van der Waals surface area contributed by atoms with Gasteiger partial charge in [0.1, 0.15) is 0 Å². The number of hydrogen-bond donors (Lipinski definition) is 1. The summed E-state index contributed by atoms with van der Waals surface area (Å²) in [5.41, 5.74) is 0. The molecule has 0 aromatic carbocycles. The van der Waals surface area contributed by atoms with E-state index in [0.29, 0.717) is 12.5 Å². The summed E-state index contributed by atoms with van der Waals surface area (Å²) in [6, 6.07) is 0.339. The van der Waals surface area contributed by atoms with Crippen LogP contribution in [-0.2, 0) is 4.79 Å². The first kappa shape index (κ1) is 31.2. The van der Waals surface area contributed by atoms with Crippen LogP contribution >= 0.6 is 0 Å². The third-order valence-corrected chi connectivity index (χ3v) is 6.56. The van der Waals surface area contributed by atoms with Crippen LogP contribution in [0.5, 0.6) is 0 Å². The molecule has 0 aliphatic carbocycles. The fraction of sp³-hybridized carbons (Fsp3) is 0.900. The third kappa shape index (κ3) is 25.5. The molecule has 190 valence electrons. The van der Waals surface area contributed by atoms with Crippen LogP contribution in [0, 0.1) is 0 Å². The Morgan fingerprint density at radius 3 is 1.50 bits per heavy atom. The Kier molecular flexibility index (Phi) is 25.8. The second-order valence-electron chi connectivity index (χ2n) is 10.1. The third-order valence-electron chi connectivity index (χ3n) is 6.56. The first-order valence-corrected chi connectivity index (χ1v) is 14.6. The van der Waals surface area contributed by atoms with Crippen molar-refractivity contribution in [3.8, 4) is 0 Å². The molecule has 0 bridgehead atoms. The molecule has 0 unspecified atom stereocenters. The van der Waals surface area contributed by atoms with Crippen molar-refractivity contribution in [2.24, 2.45) is 0 Å². The van der Waals surface area contributed by atoms with Crippen LogP contribution in [0.3, 0.4) is 0 Å². The largest absolute Gasteiger partial charge is 0.354 e. The number of unbranched alkanes of at least 4 members (excludes halogenated alkanes) is 18. The molecule has 0 fully saturated rings. The Bertz CT molecular complexity index is 404. The Morgan fingerprint density at radius 2 is 1.00 bits per heavy atom. The zero-order valence-electron chi connectivity index (χ0n) is 22.4. The zero-order valence-corrected chi connectivity index (χ0v) is 22.4. The van der Waals surface area contributed by atoms with E-state index >= 15 is 0 Å². The molecule has 1 atom stereocenters. The molecule has 1 amide bonds. The van der Waals surface area contributed by atoms with E-state index < -0.39 is 0 Å². The van der Waals surface area contributed by atoms with Crippen molar-refractivity contribution < 1.29 is 4.79 Å². The van der Waals surface area contributed by atoms with E-state index in [4.69, 9.17) is 0 Å². The highest BCUT2D eigenvalue weighted by atomic mass is 16.1. The molecular weight excluding hydrogens is 390 g/mol. The Morgan fingerprint density at radius 1 is 0.594 bits per heavy atom. The number of carbonyl (C=O) groups is 1. The van der Waals surface area contributed by atoms with Crippen LogP contribution in [0.15, 0.2) is 12.2 Å². The molecule has 0 aliphatic heterocycles. The number of allylic oxidation sites excluding steroid dienone is 2. The van der Waals surface area contributed by atoms with Crippen LogP contribution in [0.1, 0.15) is 168 Å². The lowest BCUT2D eigenvalue weighted by atomic mass is 10.0. The Hall–Kier alpha value is -0.790. The molecule has 0 heterocycles. The maximum absolute atomic E-state index is 12.1. The predicted octanol–water partition coefficient (Wildman–Crippen LogP) is 10.1. The van der Waals surface area contributed by atoms with Gasteiger partial charge in [-0.25, -0.2) is 0 Å². The van der Waals surface area contributed by atoms with E-state index in [9.17, 15) is 4.79 Å². The molecule has 0 aliphatic rings. The van der Waals surface area contributed by atoms with Gasteiger partial charge in [0.15, 0.2) is 0 Å². The van der Waals surface area contributed by atoms with Crippen molar-refractivity contribution in [1.82, 2.24) is 5.32 Å². The van der Waals surface area contributed by atoms with Gasteiger partial charge in [-0.3, -0.25) is 4.79 Å². The average molecular weight is 450 g/mol. The topological polar surface area (TPSA) is 29.1 Å². The van der Waals surface area contributed by atoms with Crippen molar-refractivity contribution in [3.05, 3.63) is 12.2 Å². The number of rotatable bonds is 25. The fourth-order valence-corrected chi connectivity index (χ4v) is 4.36. The molecular formula is C30H59NO. The van der Waals surface area contributed by atoms with Gasteiger partial charge in [-0.1, -0.05) is 129 Å². The molecule has 0 radical (unpaired) electrons. The SMILES string of the molecule is CCCCCCCCC=CCCCCCCCC(=O)N[C@@H](C)CCCCCCCCCC. The summed E-state index contributed by atoms with van der Waals surface area (Å²) in [4.78, 5) is 12.1. The van der Waals surface area contributed by atoms with Crippen LogP contribution in [0.4, 0.5) is 0 Å². The minimum atomic E-state index is 0.259. The smallest absolute Gasteiger partial charge is 0.220 e. The maximum atomic E-state index is 12.1. The minimum Gasteiger partial charge on any atom is -0.354 e. The summed E-state index contributed by atoms with van der Waals surface area (Å²) in [6.07, 6.45) is 34.4. The van der Waals surface area contributed by atoms with Crippen molar-refractivity contribution in [2.75, 3.05) is 0 Å². The monoisotopic (exact) mass is 449 g/mol. The van der Waals surface area contributed by atoms with Gasteiger partial charge in [-0.15, -0.1) is 0 Å². The summed E-state index contributed by atoms with van der Waals surface area (Å²) in [7, 11) is 0. The second kappa shape index (κ2) is 26.5. The van der Waals surface area contributed by atoms with Crippen LogP contribution < -0.4 is 5.32 Å².